The van der Waals surface area contributed by atoms with Crippen molar-refractivity contribution >= 4 is 33.8 Å². The summed E-state index contributed by atoms with van der Waals surface area (Å²) in [5, 5.41) is 6.10. The molecule has 0 aromatic carbocycles. The lowest BCUT2D eigenvalue weighted by Gasteiger charge is -2.33. The summed E-state index contributed by atoms with van der Waals surface area (Å²) in [4.78, 5) is 23.0. The topological polar surface area (TPSA) is 58.1 Å². The number of carbonyl (C=O) groups is 1. The highest BCUT2D eigenvalue weighted by Crippen LogP contribution is 2.32. The normalized spacial score (nSPS) is 15.2. The van der Waals surface area contributed by atoms with Gasteiger partial charge >= 0.3 is 6.03 Å². The number of alkyl halides is 1. The van der Waals surface area contributed by atoms with Crippen LogP contribution in [0.4, 0.5) is 14.3 Å². The van der Waals surface area contributed by atoms with E-state index in [0.29, 0.717) is 5.13 Å². The van der Waals surface area contributed by atoms with Crippen LogP contribution in [0, 0.1) is 13.8 Å². The molecule has 0 unspecified atom stereocenters. The summed E-state index contributed by atoms with van der Waals surface area (Å²) in [5.41, 5.74) is 1.76. The number of nitrogens with zero attached hydrogens (tertiary/aromatic N) is 3. The lowest BCUT2D eigenvalue weighted by Crippen LogP contribution is -2.53. The zero-order chi connectivity index (χ0) is 14.3. The molecule has 106 valence electrons. The number of carbonyl (C=O) groups excluding carboxylic acids is 1. The van der Waals surface area contributed by atoms with Crippen LogP contribution in [0.2, 0.25) is 0 Å². The number of hydrogen-bond donors (Lipinski definition) is 1. The Balaban J connectivity index is 1.71. The number of hydrogen-bond acceptors (Lipinski definition) is 5. The minimum absolute atomic E-state index is 0.164. The van der Waals surface area contributed by atoms with Crippen molar-refractivity contribution in [3.05, 3.63) is 16.1 Å². The molecule has 2 aromatic rings. The van der Waals surface area contributed by atoms with Crippen LogP contribution < -0.4 is 5.32 Å². The van der Waals surface area contributed by atoms with Crippen LogP contribution in [0.15, 0.2) is 5.38 Å². The number of rotatable bonds is 2. The van der Waals surface area contributed by atoms with Gasteiger partial charge in [0.1, 0.15) is 6.17 Å². The first-order valence-corrected chi connectivity index (χ1v) is 7.82. The van der Waals surface area contributed by atoms with Gasteiger partial charge in [0.15, 0.2) is 5.13 Å². The number of nitrogens with one attached hydrogen (secondary N) is 1. The highest BCUT2D eigenvalue weighted by Gasteiger charge is 2.30. The Kier molecular flexibility index (Phi) is 3.43. The summed E-state index contributed by atoms with van der Waals surface area (Å²) >= 11 is 2.94. The average Bonchev–Trinajstić information content (AvgIpc) is 2.91. The van der Waals surface area contributed by atoms with Gasteiger partial charge in [-0.05, 0) is 13.8 Å². The Morgan fingerprint density at radius 2 is 2.20 bits per heavy atom. The number of thiazole rings is 2. The van der Waals surface area contributed by atoms with Crippen LogP contribution in [-0.2, 0) is 0 Å². The van der Waals surface area contributed by atoms with Crippen LogP contribution in [0.5, 0.6) is 0 Å². The summed E-state index contributed by atoms with van der Waals surface area (Å²) in [7, 11) is 0. The Hall–Kier alpha value is -1.54. The third kappa shape index (κ3) is 2.53. The first-order chi connectivity index (χ1) is 9.52. The molecule has 0 aliphatic carbocycles. The van der Waals surface area contributed by atoms with Gasteiger partial charge in [-0.25, -0.2) is 19.2 Å². The second-order valence-corrected chi connectivity index (χ2v) is 6.68. The van der Waals surface area contributed by atoms with E-state index in [2.05, 4.69) is 15.3 Å². The minimum atomic E-state index is -0.893. The van der Waals surface area contributed by atoms with E-state index in [-0.39, 0.29) is 19.1 Å². The maximum absolute atomic E-state index is 12.7. The molecule has 1 fully saturated rings. The molecule has 3 heterocycles. The van der Waals surface area contributed by atoms with Crippen molar-refractivity contribution in [2.75, 3.05) is 18.4 Å². The summed E-state index contributed by atoms with van der Waals surface area (Å²) in [5.74, 6) is 0. The lowest BCUT2D eigenvalue weighted by molar-refractivity contribution is 0.0974. The molecule has 0 atom stereocenters. The Morgan fingerprint density at radius 1 is 1.45 bits per heavy atom. The van der Waals surface area contributed by atoms with E-state index in [1.165, 1.54) is 16.2 Å². The number of anilines is 1. The molecule has 3 rings (SSSR count). The Morgan fingerprint density at radius 3 is 2.80 bits per heavy atom. The highest BCUT2D eigenvalue weighted by atomic mass is 32.1. The number of aromatic nitrogens is 2. The van der Waals surface area contributed by atoms with Gasteiger partial charge in [-0.3, -0.25) is 5.32 Å². The molecule has 1 aliphatic rings. The van der Waals surface area contributed by atoms with E-state index in [9.17, 15) is 9.18 Å². The second-order valence-electron chi connectivity index (χ2n) is 4.62. The molecular formula is C12H13FN4OS2. The summed E-state index contributed by atoms with van der Waals surface area (Å²) in [6, 6.07) is -0.294. The molecule has 8 heteroatoms. The van der Waals surface area contributed by atoms with Gasteiger partial charge in [-0.1, -0.05) is 0 Å². The first kappa shape index (κ1) is 13.4. The van der Waals surface area contributed by atoms with E-state index >= 15 is 0 Å². The van der Waals surface area contributed by atoms with Crippen LogP contribution >= 0.6 is 22.7 Å². The standard InChI is InChI=1S/C12H13FN4OS2/c1-6-10(20-7(2)14-6)9-5-19-11(15-9)16-12(18)17-3-8(13)4-17/h5,8H,3-4H2,1-2H3,(H,15,16,18). The molecule has 0 radical (unpaired) electrons. The summed E-state index contributed by atoms with van der Waals surface area (Å²) in [6.45, 7) is 4.22. The Labute approximate surface area is 123 Å². The highest BCUT2D eigenvalue weighted by molar-refractivity contribution is 7.16. The summed E-state index contributed by atoms with van der Waals surface area (Å²) in [6.07, 6.45) is -0.893. The average molecular weight is 312 g/mol. The fraction of sp³-hybridized carbons (Fsp3) is 0.417. The number of aryl methyl sites for hydroxylation is 2. The third-order valence-corrected chi connectivity index (χ3v) is 4.83. The molecule has 1 N–H and O–H groups in total. The van der Waals surface area contributed by atoms with E-state index in [4.69, 9.17) is 0 Å². The van der Waals surface area contributed by atoms with Crippen molar-refractivity contribution in [3.63, 3.8) is 0 Å². The van der Waals surface area contributed by atoms with E-state index < -0.39 is 6.17 Å². The molecule has 2 aromatic heterocycles. The van der Waals surface area contributed by atoms with Gasteiger partial charge in [0.25, 0.3) is 0 Å². The fourth-order valence-corrected chi connectivity index (χ4v) is 3.61. The molecule has 1 saturated heterocycles. The van der Waals surface area contributed by atoms with E-state index in [1.54, 1.807) is 11.3 Å². The van der Waals surface area contributed by atoms with Crippen molar-refractivity contribution in [1.82, 2.24) is 14.9 Å². The van der Waals surface area contributed by atoms with Crippen molar-refractivity contribution in [2.24, 2.45) is 0 Å². The number of amides is 2. The minimum Gasteiger partial charge on any atom is -0.319 e. The van der Waals surface area contributed by atoms with Gasteiger partial charge in [-0.15, -0.1) is 22.7 Å². The van der Waals surface area contributed by atoms with Crippen molar-refractivity contribution < 1.29 is 9.18 Å². The van der Waals surface area contributed by atoms with Gasteiger partial charge in [0.05, 0.1) is 34.4 Å². The smallest absolute Gasteiger partial charge is 0.319 e. The van der Waals surface area contributed by atoms with Gasteiger partial charge in [0, 0.05) is 5.38 Å². The van der Waals surface area contributed by atoms with Crippen molar-refractivity contribution in [1.29, 1.82) is 0 Å². The SMILES string of the molecule is Cc1nc(C)c(-c2csc(NC(=O)N3CC(F)C3)n2)s1. The van der Waals surface area contributed by atoms with E-state index in [0.717, 1.165) is 21.3 Å². The van der Waals surface area contributed by atoms with Crippen LogP contribution in [0.25, 0.3) is 10.6 Å². The number of halogens is 1. The van der Waals surface area contributed by atoms with Gasteiger partial charge in [0.2, 0.25) is 0 Å². The van der Waals surface area contributed by atoms with Crippen LogP contribution in [0.3, 0.4) is 0 Å². The quantitative estimate of drug-likeness (QED) is 0.927. The maximum Gasteiger partial charge on any atom is 0.323 e. The monoisotopic (exact) mass is 312 g/mol. The molecule has 20 heavy (non-hydrogen) atoms. The molecule has 2 amide bonds. The Bertz CT molecular complexity index is 648. The van der Waals surface area contributed by atoms with Gasteiger partial charge < -0.3 is 4.90 Å². The predicted molar refractivity (Wildman–Crippen MR) is 78.2 cm³/mol. The van der Waals surface area contributed by atoms with Crippen LogP contribution in [-0.4, -0.2) is 40.2 Å². The van der Waals surface area contributed by atoms with Crippen molar-refractivity contribution in [3.8, 4) is 10.6 Å². The third-order valence-electron chi connectivity index (χ3n) is 2.98. The maximum atomic E-state index is 12.7. The van der Waals surface area contributed by atoms with Crippen LogP contribution in [0.1, 0.15) is 10.7 Å². The first-order valence-electron chi connectivity index (χ1n) is 6.13. The fourth-order valence-electron chi connectivity index (χ4n) is 1.97. The summed E-state index contributed by atoms with van der Waals surface area (Å²) < 4.78 is 12.7. The molecule has 1 aliphatic heterocycles. The zero-order valence-corrected chi connectivity index (χ0v) is 12.6. The van der Waals surface area contributed by atoms with Gasteiger partial charge in [-0.2, -0.15) is 0 Å². The second kappa shape index (κ2) is 5.10. The molecular weight excluding hydrogens is 299 g/mol. The molecule has 5 nitrogen and oxygen atoms in total. The van der Waals surface area contributed by atoms with E-state index in [1.807, 2.05) is 19.2 Å². The zero-order valence-electron chi connectivity index (χ0n) is 11.0. The number of urea groups is 1. The molecule has 0 bridgehead atoms. The van der Waals surface area contributed by atoms with Crippen molar-refractivity contribution in [2.45, 2.75) is 20.0 Å². The largest absolute Gasteiger partial charge is 0.323 e. The molecule has 0 spiro atoms. The number of likely N-dealkylation sites (tertiary alicyclic amines) is 1. The molecule has 0 saturated carbocycles. The predicted octanol–water partition coefficient (Wildman–Crippen LogP) is 3.07. The lowest BCUT2D eigenvalue weighted by atomic mass is 10.2.